The van der Waals surface area contributed by atoms with Crippen LogP contribution in [0.5, 0.6) is 0 Å². The average molecular weight is 354 g/mol. The molecule has 1 saturated carbocycles. The molecule has 3 aliphatic rings. The lowest BCUT2D eigenvalue weighted by Gasteiger charge is -2.24. The first-order valence-electron chi connectivity index (χ1n) is 9.66. The van der Waals surface area contributed by atoms with Gasteiger partial charge < -0.3 is 20.1 Å². The first-order chi connectivity index (χ1) is 12.8. The second kappa shape index (κ2) is 8.11. The zero-order valence-electron chi connectivity index (χ0n) is 14.9. The van der Waals surface area contributed by atoms with Crippen molar-refractivity contribution in [1.29, 1.82) is 0 Å². The summed E-state index contributed by atoms with van der Waals surface area (Å²) in [7, 11) is 0. The third-order valence-electron chi connectivity index (χ3n) is 5.49. The van der Waals surface area contributed by atoms with E-state index in [0.29, 0.717) is 19.3 Å². The molecule has 4 rings (SSSR count). The van der Waals surface area contributed by atoms with Crippen molar-refractivity contribution in [3.8, 4) is 11.8 Å². The van der Waals surface area contributed by atoms with E-state index in [0.717, 1.165) is 18.4 Å². The Morgan fingerprint density at radius 1 is 0.962 bits per heavy atom. The van der Waals surface area contributed by atoms with Gasteiger partial charge in [-0.15, -0.1) is 0 Å². The molecule has 2 aliphatic heterocycles. The largest absolute Gasteiger partial charge is 0.372 e. The van der Waals surface area contributed by atoms with Crippen molar-refractivity contribution < 1.29 is 14.3 Å². The summed E-state index contributed by atoms with van der Waals surface area (Å²) in [4.78, 5) is 12.3. The Morgan fingerprint density at radius 3 is 2.54 bits per heavy atom. The number of carbonyl (C=O) groups excluding carboxylic acids is 1. The van der Waals surface area contributed by atoms with Crippen molar-refractivity contribution in [3.05, 3.63) is 35.9 Å². The minimum Gasteiger partial charge on any atom is -0.372 e. The second-order valence-corrected chi connectivity index (χ2v) is 7.40. The Bertz CT molecular complexity index is 675. The third-order valence-corrected chi connectivity index (χ3v) is 5.49. The third kappa shape index (κ3) is 4.03. The van der Waals surface area contributed by atoms with Gasteiger partial charge in [0, 0.05) is 11.6 Å². The molecule has 0 unspecified atom stereocenters. The molecule has 1 aromatic rings. The highest BCUT2D eigenvalue weighted by Crippen LogP contribution is 2.31. The van der Waals surface area contributed by atoms with Crippen LogP contribution in [0, 0.1) is 17.8 Å². The molecule has 0 spiro atoms. The van der Waals surface area contributed by atoms with Gasteiger partial charge in [-0.2, -0.15) is 0 Å². The van der Waals surface area contributed by atoms with Crippen LogP contribution in [0.4, 0.5) is 4.79 Å². The van der Waals surface area contributed by atoms with Gasteiger partial charge in [-0.05, 0) is 25.0 Å². The van der Waals surface area contributed by atoms with Crippen LogP contribution in [0.2, 0.25) is 0 Å². The normalized spacial score (nSPS) is 30.9. The van der Waals surface area contributed by atoms with E-state index in [4.69, 9.17) is 9.47 Å². The fraction of sp³-hybridized carbons (Fsp3) is 0.571. The number of urea groups is 1. The molecular weight excluding hydrogens is 328 g/mol. The summed E-state index contributed by atoms with van der Waals surface area (Å²) in [6.07, 6.45) is 5.66. The van der Waals surface area contributed by atoms with Gasteiger partial charge in [0.05, 0.1) is 25.2 Å². The van der Waals surface area contributed by atoms with Gasteiger partial charge in [0.2, 0.25) is 0 Å². The van der Waals surface area contributed by atoms with Gasteiger partial charge in [0.25, 0.3) is 0 Å². The molecule has 2 N–H and O–H groups in total. The fourth-order valence-electron chi connectivity index (χ4n) is 4.09. The van der Waals surface area contributed by atoms with Crippen molar-refractivity contribution >= 4 is 6.03 Å². The van der Waals surface area contributed by atoms with E-state index < -0.39 is 0 Å². The first-order valence-corrected chi connectivity index (χ1v) is 9.66. The van der Waals surface area contributed by atoms with E-state index in [1.165, 1.54) is 19.3 Å². The maximum absolute atomic E-state index is 12.3. The number of benzene rings is 1. The van der Waals surface area contributed by atoms with Gasteiger partial charge in [0.15, 0.2) is 0 Å². The number of hydrogen-bond donors (Lipinski definition) is 2. The van der Waals surface area contributed by atoms with Crippen LogP contribution in [-0.4, -0.2) is 43.5 Å². The summed E-state index contributed by atoms with van der Waals surface area (Å²) in [6.45, 7) is 1.04. The number of nitrogens with one attached hydrogen (secondary N) is 2. The highest BCUT2D eigenvalue weighted by Gasteiger charge is 2.47. The van der Waals surface area contributed by atoms with Gasteiger partial charge in [-0.3, -0.25) is 0 Å². The zero-order valence-corrected chi connectivity index (χ0v) is 14.9. The van der Waals surface area contributed by atoms with E-state index in [9.17, 15) is 4.79 Å². The minimum atomic E-state index is -0.109. The van der Waals surface area contributed by atoms with Crippen LogP contribution >= 0.6 is 0 Å². The molecule has 4 atom stereocenters. The van der Waals surface area contributed by atoms with Crippen LogP contribution in [-0.2, 0) is 9.47 Å². The van der Waals surface area contributed by atoms with Crippen LogP contribution < -0.4 is 10.6 Å². The molecule has 3 fully saturated rings. The molecular formula is C21H26N2O3. The van der Waals surface area contributed by atoms with Gasteiger partial charge >= 0.3 is 6.03 Å². The number of carbonyl (C=O) groups is 1. The van der Waals surface area contributed by atoms with Crippen LogP contribution in [0.15, 0.2) is 30.3 Å². The molecule has 0 aromatic heterocycles. The standard InChI is InChI=1S/C21H26N2O3/c24-21(22-17-9-5-2-6-10-17)23-18-14-26-19-16(13-25-20(18)19)12-11-15-7-3-1-4-8-15/h1,3-4,7-8,16-20H,2,5-6,9-10,13-14H2,(H2,22,23,24)/t16-,18-,19+,20+/m0/s1. The lowest BCUT2D eigenvalue weighted by Crippen LogP contribution is -2.50. The molecule has 2 saturated heterocycles. The quantitative estimate of drug-likeness (QED) is 0.802. The molecule has 2 heterocycles. The zero-order chi connectivity index (χ0) is 17.8. The Balaban J connectivity index is 1.30. The average Bonchev–Trinajstić information content (AvgIpc) is 3.25. The maximum Gasteiger partial charge on any atom is 0.315 e. The molecule has 1 aromatic carbocycles. The summed E-state index contributed by atoms with van der Waals surface area (Å²) in [5.41, 5.74) is 0.996. The van der Waals surface area contributed by atoms with E-state index in [2.05, 4.69) is 22.5 Å². The molecule has 138 valence electrons. The minimum absolute atomic E-state index is 0.0495. The maximum atomic E-state index is 12.3. The summed E-state index contributed by atoms with van der Waals surface area (Å²) >= 11 is 0. The lowest BCUT2D eigenvalue weighted by molar-refractivity contribution is 0.0665. The van der Waals surface area contributed by atoms with Crippen LogP contribution in [0.3, 0.4) is 0 Å². The SMILES string of the molecule is O=C(NC1CCCCC1)N[C@H]1CO[C@H]2[C@@H]1OC[C@@H]2C#Cc1ccccc1. The topological polar surface area (TPSA) is 59.6 Å². The fourth-order valence-corrected chi connectivity index (χ4v) is 4.09. The molecule has 2 amide bonds. The van der Waals surface area contributed by atoms with Gasteiger partial charge in [-0.1, -0.05) is 49.3 Å². The molecule has 0 bridgehead atoms. The van der Waals surface area contributed by atoms with Gasteiger partial charge in [-0.25, -0.2) is 4.79 Å². The first kappa shape index (κ1) is 17.4. The highest BCUT2D eigenvalue weighted by molar-refractivity contribution is 5.74. The molecule has 26 heavy (non-hydrogen) atoms. The molecule has 0 radical (unpaired) electrons. The Kier molecular flexibility index (Phi) is 5.42. The summed E-state index contributed by atoms with van der Waals surface area (Å²) in [5, 5.41) is 6.14. The summed E-state index contributed by atoms with van der Waals surface area (Å²) < 4.78 is 11.8. The van der Waals surface area contributed by atoms with Crippen molar-refractivity contribution in [2.45, 2.75) is 56.4 Å². The number of rotatable bonds is 2. The van der Waals surface area contributed by atoms with Crippen molar-refractivity contribution in [3.63, 3.8) is 0 Å². The van der Waals surface area contributed by atoms with E-state index in [1.807, 2.05) is 30.3 Å². The lowest BCUT2D eigenvalue weighted by atomic mass is 9.96. The molecule has 5 heteroatoms. The number of hydrogen-bond acceptors (Lipinski definition) is 3. The van der Waals surface area contributed by atoms with E-state index >= 15 is 0 Å². The number of fused-ring (bicyclic) bond motifs is 1. The number of amides is 2. The molecule has 1 aliphatic carbocycles. The molecule has 5 nitrogen and oxygen atoms in total. The van der Waals surface area contributed by atoms with Crippen molar-refractivity contribution in [1.82, 2.24) is 10.6 Å². The predicted molar refractivity (Wildman–Crippen MR) is 98.6 cm³/mol. The van der Waals surface area contributed by atoms with E-state index in [-0.39, 0.29) is 30.2 Å². The second-order valence-electron chi connectivity index (χ2n) is 7.40. The smallest absolute Gasteiger partial charge is 0.315 e. The Morgan fingerprint density at radius 2 is 1.73 bits per heavy atom. The van der Waals surface area contributed by atoms with Gasteiger partial charge in [0.1, 0.15) is 12.2 Å². The monoisotopic (exact) mass is 354 g/mol. The predicted octanol–water partition coefficient (Wildman–Crippen LogP) is 2.45. The van der Waals surface area contributed by atoms with Crippen LogP contribution in [0.25, 0.3) is 0 Å². The number of ether oxygens (including phenoxy) is 2. The van der Waals surface area contributed by atoms with Crippen LogP contribution in [0.1, 0.15) is 37.7 Å². The summed E-state index contributed by atoms with van der Waals surface area (Å²) in [6, 6.07) is 10.0. The summed E-state index contributed by atoms with van der Waals surface area (Å²) in [5.74, 6) is 6.53. The Hall–Kier alpha value is -2.03. The van der Waals surface area contributed by atoms with Crippen molar-refractivity contribution in [2.75, 3.05) is 13.2 Å². The van der Waals surface area contributed by atoms with E-state index in [1.54, 1.807) is 0 Å². The van der Waals surface area contributed by atoms with Crippen molar-refractivity contribution in [2.24, 2.45) is 5.92 Å². The highest BCUT2D eigenvalue weighted by atomic mass is 16.6. The Labute approximate surface area is 154 Å².